The van der Waals surface area contributed by atoms with E-state index in [0.29, 0.717) is 23.9 Å². The van der Waals surface area contributed by atoms with Crippen molar-refractivity contribution in [1.29, 1.82) is 0 Å². The lowest BCUT2D eigenvalue weighted by Gasteiger charge is -2.27. The lowest BCUT2D eigenvalue weighted by atomic mass is 9.79. The number of nitrogens with two attached hydrogens (primary N) is 1. The van der Waals surface area contributed by atoms with Crippen LogP contribution in [0.4, 0.5) is 4.79 Å². The van der Waals surface area contributed by atoms with Crippen LogP contribution in [0.2, 0.25) is 0 Å². The van der Waals surface area contributed by atoms with Gasteiger partial charge in [-0.25, -0.2) is 4.79 Å². The van der Waals surface area contributed by atoms with Crippen LogP contribution in [0.25, 0.3) is 0 Å². The maximum absolute atomic E-state index is 12.2. The third-order valence-electron chi connectivity index (χ3n) is 5.06. The average molecular weight is 251 g/mol. The highest BCUT2D eigenvalue weighted by molar-refractivity contribution is 5.75. The number of carbonyl (C=O) groups excluding carboxylic acids is 1. The molecule has 2 saturated carbocycles. The first kappa shape index (κ1) is 12.3. The van der Waals surface area contributed by atoms with Gasteiger partial charge in [0, 0.05) is 25.2 Å². The van der Waals surface area contributed by atoms with Crippen molar-refractivity contribution in [2.75, 3.05) is 13.1 Å². The molecule has 3 rings (SSSR count). The van der Waals surface area contributed by atoms with Gasteiger partial charge in [-0.15, -0.1) is 0 Å². The normalized spacial score (nSPS) is 36.7. The summed E-state index contributed by atoms with van der Waals surface area (Å²) in [7, 11) is 0. The second kappa shape index (κ2) is 5.08. The van der Waals surface area contributed by atoms with E-state index in [1.54, 1.807) is 0 Å². The molecular weight excluding hydrogens is 226 g/mol. The first-order chi connectivity index (χ1) is 8.72. The molecule has 4 heteroatoms. The fraction of sp³-hybridized carbons (Fsp3) is 0.929. The molecule has 4 nitrogen and oxygen atoms in total. The zero-order valence-electron chi connectivity index (χ0n) is 11.1. The van der Waals surface area contributed by atoms with Crippen LogP contribution in [-0.2, 0) is 0 Å². The number of nitrogens with one attached hydrogen (secondary N) is 1. The van der Waals surface area contributed by atoms with Gasteiger partial charge in [0.05, 0.1) is 0 Å². The standard InChI is InChI=1S/C14H25N3O/c15-12-6-5-10-8-17(9-11(10)7-12)14(18)16-13-3-1-2-4-13/h10-13H,1-9,15H2,(H,16,18)/t10-,11+,12?/m1/s1. The molecule has 18 heavy (non-hydrogen) atoms. The summed E-state index contributed by atoms with van der Waals surface area (Å²) >= 11 is 0. The maximum Gasteiger partial charge on any atom is 0.317 e. The monoisotopic (exact) mass is 251 g/mol. The van der Waals surface area contributed by atoms with Gasteiger partial charge < -0.3 is 16.0 Å². The Morgan fingerprint density at radius 3 is 2.56 bits per heavy atom. The zero-order valence-corrected chi connectivity index (χ0v) is 11.1. The predicted octanol–water partition coefficient (Wildman–Crippen LogP) is 1.70. The van der Waals surface area contributed by atoms with E-state index >= 15 is 0 Å². The van der Waals surface area contributed by atoms with Crippen molar-refractivity contribution in [3.63, 3.8) is 0 Å². The molecule has 3 fully saturated rings. The van der Waals surface area contributed by atoms with Crippen molar-refractivity contribution in [2.45, 2.75) is 57.0 Å². The first-order valence-corrected chi connectivity index (χ1v) is 7.53. The lowest BCUT2D eigenvalue weighted by Crippen LogP contribution is -2.43. The largest absolute Gasteiger partial charge is 0.335 e. The van der Waals surface area contributed by atoms with Crippen LogP contribution in [-0.4, -0.2) is 36.1 Å². The van der Waals surface area contributed by atoms with Crippen molar-refractivity contribution in [3.05, 3.63) is 0 Å². The molecule has 102 valence electrons. The van der Waals surface area contributed by atoms with Gasteiger partial charge in [0.2, 0.25) is 0 Å². The lowest BCUT2D eigenvalue weighted by molar-refractivity contribution is 0.202. The summed E-state index contributed by atoms with van der Waals surface area (Å²) in [4.78, 5) is 14.2. The SMILES string of the molecule is NC1CC[C@@H]2CN(C(=O)NC3CCCC3)C[C@@H]2C1. The number of hydrogen-bond donors (Lipinski definition) is 2. The minimum Gasteiger partial charge on any atom is -0.335 e. The molecule has 3 aliphatic rings. The average Bonchev–Trinajstić information content (AvgIpc) is 2.96. The van der Waals surface area contributed by atoms with Gasteiger partial charge in [-0.3, -0.25) is 0 Å². The van der Waals surface area contributed by atoms with Crippen molar-refractivity contribution in [2.24, 2.45) is 17.6 Å². The number of carbonyl (C=O) groups is 1. The molecule has 3 N–H and O–H groups in total. The third-order valence-corrected chi connectivity index (χ3v) is 5.06. The van der Waals surface area contributed by atoms with E-state index in [1.165, 1.54) is 19.3 Å². The molecular formula is C14H25N3O. The van der Waals surface area contributed by atoms with Crippen LogP contribution in [0.5, 0.6) is 0 Å². The molecule has 0 spiro atoms. The first-order valence-electron chi connectivity index (χ1n) is 7.53. The minimum atomic E-state index is 0.171. The van der Waals surface area contributed by atoms with E-state index in [2.05, 4.69) is 5.32 Å². The number of urea groups is 1. The molecule has 1 aliphatic heterocycles. The summed E-state index contributed by atoms with van der Waals surface area (Å²) in [6.07, 6.45) is 8.32. The number of fused-ring (bicyclic) bond motifs is 1. The second-order valence-corrected chi connectivity index (χ2v) is 6.43. The van der Waals surface area contributed by atoms with Crippen LogP contribution >= 0.6 is 0 Å². The fourth-order valence-corrected chi connectivity index (χ4v) is 3.97. The number of likely N-dealkylation sites (tertiary alicyclic amines) is 1. The summed E-state index contributed by atoms with van der Waals surface area (Å²) < 4.78 is 0. The van der Waals surface area contributed by atoms with E-state index < -0.39 is 0 Å². The highest BCUT2D eigenvalue weighted by Gasteiger charge is 2.38. The van der Waals surface area contributed by atoms with E-state index in [1.807, 2.05) is 4.90 Å². The summed E-state index contributed by atoms with van der Waals surface area (Å²) in [6.45, 7) is 1.88. The van der Waals surface area contributed by atoms with Gasteiger partial charge in [0.1, 0.15) is 0 Å². The molecule has 0 radical (unpaired) electrons. The highest BCUT2D eigenvalue weighted by atomic mass is 16.2. The van der Waals surface area contributed by atoms with Crippen LogP contribution < -0.4 is 11.1 Å². The third kappa shape index (κ3) is 2.48. The Morgan fingerprint density at radius 2 is 1.78 bits per heavy atom. The fourth-order valence-electron chi connectivity index (χ4n) is 3.97. The Labute approximate surface area is 109 Å². The summed E-state index contributed by atoms with van der Waals surface area (Å²) in [5, 5.41) is 3.20. The number of hydrogen-bond acceptors (Lipinski definition) is 2. The maximum atomic E-state index is 12.2. The molecule has 1 saturated heterocycles. The molecule has 2 aliphatic carbocycles. The molecule has 0 aromatic heterocycles. The van der Waals surface area contributed by atoms with Crippen molar-refractivity contribution < 1.29 is 4.79 Å². The van der Waals surface area contributed by atoms with Gasteiger partial charge in [-0.2, -0.15) is 0 Å². The molecule has 1 unspecified atom stereocenters. The van der Waals surface area contributed by atoms with Crippen molar-refractivity contribution >= 4 is 6.03 Å². The predicted molar refractivity (Wildman–Crippen MR) is 71.2 cm³/mol. The summed E-state index contributed by atoms with van der Waals surface area (Å²) in [6, 6.07) is 0.969. The second-order valence-electron chi connectivity index (χ2n) is 6.43. The molecule has 0 aromatic rings. The Bertz CT molecular complexity index is 314. The van der Waals surface area contributed by atoms with Gasteiger partial charge >= 0.3 is 6.03 Å². The zero-order chi connectivity index (χ0) is 12.5. The summed E-state index contributed by atoms with van der Waals surface area (Å²) in [5.41, 5.74) is 6.03. The topological polar surface area (TPSA) is 58.4 Å². The Morgan fingerprint density at radius 1 is 1.06 bits per heavy atom. The smallest absolute Gasteiger partial charge is 0.317 e. The molecule has 1 heterocycles. The van der Waals surface area contributed by atoms with Gasteiger partial charge in [0.25, 0.3) is 0 Å². The van der Waals surface area contributed by atoms with E-state index in [-0.39, 0.29) is 6.03 Å². The Hall–Kier alpha value is -0.770. The van der Waals surface area contributed by atoms with Crippen LogP contribution in [0.15, 0.2) is 0 Å². The number of rotatable bonds is 1. The van der Waals surface area contributed by atoms with Crippen molar-refractivity contribution in [3.8, 4) is 0 Å². The van der Waals surface area contributed by atoms with Crippen molar-refractivity contribution in [1.82, 2.24) is 10.2 Å². The van der Waals surface area contributed by atoms with Crippen LogP contribution in [0, 0.1) is 11.8 Å². The van der Waals surface area contributed by atoms with E-state index in [9.17, 15) is 4.79 Å². The van der Waals surface area contributed by atoms with Crippen LogP contribution in [0.1, 0.15) is 44.9 Å². The Balaban J connectivity index is 1.52. The summed E-state index contributed by atoms with van der Waals surface area (Å²) in [5.74, 6) is 1.36. The van der Waals surface area contributed by atoms with E-state index in [4.69, 9.17) is 5.73 Å². The van der Waals surface area contributed by atoms with Crippen LogP contribution in [0.3, 0.4) is 0 Å². The highest BCUT2D eigenvalue weighted by Crippen LogP contribution is 2.35. The van der Waals surface area contributed by atoms with Gasteiger partial charge in [0.15, 0.2) is 0 Å². The number of nitrogens with zero attached hydrogens (tertiary/aromatic N) is 1. The Kier molecular flexibility index (Phi) is 3.46. The quantitative estimate of drug-likeness (QED) is 0.745. The van der Waals surface area contributed by atoms with Gasteiger partial charge in [-0.05, 0) is 43.9 Å². The van der Waals surface area contributed by atoms with E-state index in [0.717, 1.165) is 38.8 Å². The molecule has 2 amide bonds. The number of amides is 2. The molecule has 3 atom stereocenters. The molecule has 0 bridgehead atoms. The molecule has 0 aromatic carbocycles. The minimum absolute atomic E-state index is 0.171. The van der Waals surface area contributed by atoms with Gasteiger partial charge in [-0.1, -0.05) is 12.8 Å².